The van der Waals surface area contributed by atoms with E-state index in [1.807, 2.05) is 18.7 Å². The summed E-state index contributed by atoms with van der Waals surface area (Å²) in [4.78, 5) is 13.8. The van der Waals surface area contributed by atoms with Crippen molar-refractivity contribution in [1.82, 2.24) is 4.90 Å². The molecule has 0 fully saturated rings. The lowest BCUT2D eigenvalue weighted by Gasteiger charge is -2.31. The number of rotatable bonds is 6. The summed E-state index contributed by atoms with van der Waals surface area (Å²) < 4.78 is 5.06. The lowest BCUT2D eigenvalue weighted by Crippen LogP contribution is -2.48. The van der Waals surface area contributed by atoms with Crippen LogP contribution < -0.4 is 5.73 Å². The molecule has 0 spiro atoms. The molecule has 0 aliphatic heterocycles. The summed E-state index contributed by atoms with van der Waals surface area (Å²) in [6.45, 7) is 9.17. The Morgan fingerprint density at radius 3 is 2.13 bits per heavy atom. The Kier molecular flexibility index (Phi) is 6.52. The normalized spacial score (nSPS) is 13.3. The second kappa shape index (κ2) is 6.80. The molecule has 90 valence electrons. The number of nitrogens with two attached hydrogens (primary N) is 1. The van der Waals surface area contributed by atoms with Crippen molar-refractivity contribution in [3.05, 3.63) is 0 Å². The zero-order valence-corrected chi connectivity index (χ0v) is 10.5. The number of carbonyl (C=O) groups excluding carboxylic acids is 1. The number of hydrogen-bond donors (Lipinski definition) is 1. The molecule has 0 aromatic carbocycles. The van der Waals surface area contributed by atoms with Gasteiger partial charge in [-0.3, -0.25) is 4.79 Å². The van der Waals surface area contributed by atoms with E-state index in [-0.39, 0.29) is 18.5 Å². The molecule has 0 aromatic rings. The summed E-state index contributed by atoms with van der Waals surface area (Å²) in [6.07, 6.45) is -0.508. The minimum atomic E-state index is -0.508. The summed E-state index contributed by atoms with van der Waals surface area (Å²) in [6, 6.07) is 0.184. The van der Waals surface area contributed by atoms with Crippen LogP contribution in [0.3, 0.4) is 0 Å². The van der Waals surface area contributed by atoms with Gasteiger partial charge in [0, 0.05) is 26.2 Å². The fraction of sp³-hybridized carbons (Fsp3) is 0.909. The summed E-state index contributed by atoms with van der Waals surface area (Å²) in [5.41, 5.74) is 5.48. The fourth-order valence-electron chi connectivity index (χ4n) is 1.43. The molecule has 0 heterocycles. The highest BCUT2D eigenvalue weighted by Gasteiger charge is 2.25. The topological polar surface area (TPSA) is 55.6 Å². The average molecular weight is 216 g/mol. The van der Waals surface area contributed by atoms with E-state index in [0.29, 0.717) is 5.92 Å². The molecule has 0 saturated carbocycles. The summed E-state index contributed by atoms with van der Waals surface area (Å²) in [7, 11) is 1.52. The van der Waals surface area contributed by atoms with Crippen molar-refractivity contribution in [2.24, 2.45) is 11.7 Å². The highest BCUT2D eigenvalue weighted by Crippen LogP contribution is 2.07. The highest BCUT2D eigenvalue weighted by atomic mass is 16.5. The van der Waals surface area contributed by atoms with E-state index < -0.39 is 6.10 Å². The molecule has 1 unspecified atom stereocenters. The van der Waals surface area contributed by atoms with E-state index in [9.17, 15) is 4.79 Å². The first-order valence-electron chi connectivity index (χ1n) is 5.47. The van der Waals surface area contributed by atoms with Gasteiger partial charge in [0.15, 0.2) is 0 Å². The second-order valence-corrected chi connectivity index (χ2v) is 4.44. The molecule has 0 aromatic heterocycles. The third kappa shape index (κ3) is 4.62. The van der Waals surface area contributed by atoms with E-state index in [2.05, 4.69) is 13.8 Å². The molecule has 0 saturated heterocycles. The lowest BCUT2D eigenvalue weighted by atomic mass is 10.1. The molecule has 15 heavy (non-hydrogen) atoms. The Morgan fingerprint density at radius 2 is 1.87 bits per heavy atom. The van der Waals surface area contributed by atoms with Crippen molar-refractivity contribution < 1.29 is 9.53 Å². The van der Waals surface area contributed by atoms with E-state index in [0.717, 1.165) is 6.54 Å². The Balaban J connectivity index is 4.53. The molecule has 0 aliphatic rings. The average Bonchev–Trinajstić information content (AvgIpc) is 2.15. The van der Waals surface area contributed by atoms with Crippen LogP contribution in [0.5, 0.6) is 0 Å². The van der Waals surface area contributed by atoms with Crippen molar-refractivity contribution in [3.63, 3.8) is 0 Å². The van der Waals surface area contributed by atoms with E-state index in [1.165, 1.54) is 7.11 Å². The molecule has 0 aliphatic carbocycles. The molecule has 2 N–H and O–H groups in total. The molecule has 0 bridgehead atoms. The van der Waals surface area contributed by atoms with Gasteiger partial charge in [-0.05, 0) is 19.8 Å². The zero-order valence-electron chi connectivity index (χ0n) is 10.5. The maximum absolute atomic E-state index is 12.0. The number of amides is 1. The van der Waals surface area contributed by atoms with Crippen LogP contribution in [0, 0.1) is 5.92 Å². The Bertz CT molecular complexity index is 189. The third-order valence-electron chi connectivity index (χ3n) is 2.24. The quantitative estimate of drug-likeness (QED) is 0.716. The summed E-state index contributed by atoms with van der Waals surface area (Å²) in [5, 5.41) is 0. The summed E-state index contributed by atoms with van der Waals surface area (Å²) >= 11 is 0. The van der Waals surface area contributed by atoms with Gasteiger partial charge >= 0.3 is 0 Å². The zero-order chi connectivity index (χ0) is 12.0. The first-order chi connectivity index (χ1) is 6.93. The standard InChI is InChI=1S/C11H24N2O2/c1-8(2)7-13(9(3)4)11(14)10(6-12)15-5/h8-10H,6-7,12H2,1-5H3. The second-order valence-electron chi connectivity index (χ2n) is 4.44. The number of carbonyl (C=O) groups is 1. The molecule has 0 radical (unpaired) electrons. The summed E-state index contributed by atoms with van der Waals surface area (Å²) in [5.74, 6) is 0.440. The highest BCUT2D eigenvalue weighted by molar-refractivity contribution is 5.81. The molecule has 4 nitrogen and oxygen atoms in total. The number of hydrogen-bond acceptors (Lipinski definition) is 3. The number of nitrogens with zero attached hydrogens (tertiary/aromatic N) is 1. The van der Waals surface area contributed by atoms with E-state index in [1.54, 1.807) is 0 Å². The van der Waals surface area contributed by atoms with Crippen LogP contribution in [0.4, 0.5) is 0 Å². The predicted octanol–water partition coefficient (Wildman–Crippen LogP) is 0.853. The minimum absolute atomic E-state index is 0.0105. The van der Waals surface area contributed by atoms with Gasteiger partial charge in [-0.25, -0.2) is 0 Å². The van der Waals surface area contributed by atoms with Gasteiger partial charge in [0.1, 0.15) is 6.10 Å². The van der Waals surface area contributed by atoms with Crippen LogP contribution >= 0.6 is 0 Å². The molecule has 4 heteroatoms. The lowest BCUT2D eigenvalue weighted by molar-refractivity contribution is -0.143. The van der Waals surface area contributed by atoms with Gasteiger partial charge in [-0.15, -0.1) is 0 Å². The van der Waals surface area contributed by atoms with Crippen molar-refractivity contribution in [2.75, 3.05) is 20.2 Å². The maximum atomic E-state index is 12.0. The van der Waals surface area contributed by atoms with Crippen LogP contribution in [0.15, 0.2) is 0 Å². The monoisotopic (exact) mass is 216 g/mol. The van der Waals surface area contributed by atoms with Crippen molar-refractivity contribution in [1.29, 1.82) is 0 Å². The fourth-order valence-corrected chi connectivity index (χ4v) is 1.43. The molecule has 1 atom stereocenters. The van der Waals surface area contributed by atoms with E-state index in [4.69, 9.17) is 10.5 Å². The maximum Gasteiger partial charge on any atom is 0.253 e. The van der Waals surface area contributed by atoms with Crippen molar-refractivity contribution >= 4 is 5.91 Å². The first kappa shape index (κ1) is 14.4. The molecular formula is C11H24N2O2. The van der Waals surface area contributed by atoms with Gasteiger partial charge in [-0.1, -0.05) is 13.8 Å². The first-order valence-corrected chi connectivity index (χ1v) is 5.47. The molecule has 1 amide bonds. The predicted molar refractivity (Wildman–Crippen MR) is 61.5 cm³/mol. The number of methoxy groups -OCH3 is 1. The molecule has 0 rings (SSSR count). The van der Waals surface area contributed by atoms with Crippen LogP contribution in [0.2, 0.25) is 0 Å². The van der Waals surface area contributed by atoms with Gasteiger partial charge < -0.3 is 15.4 Å². The number of ether oxygens (including phenoxy) is 1. The third-order valence-corrected chi connectivity index (χ3v) is 2.24. The van der Waals surface area contributed by atoms with Crippen molar-refractivity contribution in [3.8, 4) is 0 Å². The van der Waals surface area contributed by atoms with Gasteiger partial charge in [0.2, 0.25) is 0 Å². The Hall–Kier alpha value is -0.610. The smallest absolute Gasteiger partial charge is 0.253 e. The van der Waals surface area contributed by atoms with Gasteiger partial charge in [0.05, 0.1) is 0 Å². The SMILES string of the molecule is COC(CN)C(=O)N(CC(C)C)C(C)C. The van der Waals surface area contributed by atoms with Crippen LogP contribution in [0.25, 0.3) is 0 Å². The van der Waals surface area contributed by atoms with Crippen LogP contribution in [0.1, 0.15) is 27.7 Å². The Morgan fingerprint density at radius 1 is 1.33 bits per heavy atom. The van der Waals surface area contributed by atoms with Crippen LogP contribution in [-0.2, 0) is 9.53 Å². The van der Waals surface area contributed by atoms with Gasteiger partial charge in [0.25, 0.3) is 5.91 Å². The van der Waals surface area contributed by atoms with Gasteiger partial charge in [-0.2, -0.15) is 0 Å². The Labute approximate surface area is 92.8 Å². The van der Waals surface area contributed by atoms with Crippen LogP contribution in [-0.4, -0.2) is 43.2 Å². The largest absolute Gasteiger partial charge is 0.370 e. The van der Waals surface area contributed by atoms with Crippen molar-refractivity contribution in [2.45, 2.75) is 39.8 Å². The minimum Gasteiger partial charge on any atom is -0.370 e. The van der Waals surface area contributed by atoms with E-state index >= 15 is 0 Å². The molecular weight excluding hydrogens is 192 g/mol.